The number of carbonyl (C=O) groups is 1. The molecule has 0 spiro atoms. The molecule has 3 fully saturated rings. The van der Waals surface area contributed by atoms with Gasteiger partial charge in [0.25, 0.3) is 5.91 Å². The largest absolute Gasteiger partial charge is 0.378 e. The van der Waals surface area contributed by atoms with Crippen LogP contribution in [-0.2, 0) is 4.74 Å². The molecular formula is C18H26N4O2. The van der Waals surface area contributed by atoms with Crippen molar-refractivity contribution in [1.29, 1.82) is 0 Å². The molecule has 2 heterocycles. The van der Waals surface area contributed by atoms with Gasteiger partial charge in [-0.1, -0.05) is 12.1 Å². The molecule has 1 aromatic rings. The van der Waals surface area contributed by atoms with Gasteiger partial charge in [0.15, 0.2) is 0 Å². The van der Waals surface area contributed by atoms with E-state index < -0.39 is 0 Å². The van der Waals surface area contributed by atoms with Gasteiger partial charge in [-0.25, -0.2) is 0 Å². The van der Waals surface area contributed by atoms with E-state index in [9.17, 15) is 4.79 Å². The lowest BCUT2D eigenvalue weighted by molar-refractivity contribution is 0.0918. The summed E-state index contributed by atoms with van der Waals surface area (Å²) < 4.78 is 5.43. The number of morpholine rings is 1. The average Bonchev–Trinajstić information content (AvgIpc) is 3.10. The number of benzene rings is 1. The number of carbonyl (C=O) groups excluding carboxylic acids is 1. The van der Waals surface area contributed by atoms with Crippen LogP contribution in [0.5, 0.6) is 0 Å². The van der Waals surface area contributed by atoms with Crippen LogP contribution in [0.15, 0.2) is 24.3 Å². The van der Waals surface area contributed by atoms with Gasteiger partial charge in [0.2, 0.25) is 0 Å². The maximum atomic E-state index is 12.9. The molecular weight excluding hydrogens is 304 g/mol. The Morgan fingerprint density at radius 3 is 2.92 bits per heavy atom. The third kappa shape index (κ3) is 3.27. The number of para-hydroxylation sites is 1. The molecule has 1 aromatic carbocycles. The minimum absolute atomic E-state index is 0.0477. The third-order valence-corrected chi connectivity index (χ3v) is 5.48. The molecule has 2 saturated heterocycles. The summed E-state index contributed by atoms with van der Waals surface area (Å²) in [5.41, 5.74) is 8.38. The first-order chi connectivity index (χ1) is 11.8. The highest BCUT2D eigenvalue weighted by molar-refractivity contribution is 6.00. The van der Waals surface area contributed by atoms with Crippen molar-refractivity contribution in [3.05, 3.63) is 29.8 Å². The van der Waals surface area contributed by atoms with Crippen LogP contribution < -0.4 is 21.1 Å². The van der Waals surface area contributed by atoms with Crippen molar-refractivity contribution in [2.24, 2.45) is 5.92 Å². The fourth-order valence-corrected chi connectivity index (χ4v) is 4.12. The van der Waals surface area contributed by atoms with E-state index in [2.05, 4.69) is 21.1 Å². The van der Waals surface area contributed by atoms with Crippen molar-refractivity contribution in [2.45, 2.75) is 31.3 Å². The Labute approximate surface area is 142 Å². The summed E-state index contributed by atoms with van der Waals surface area (Å²) in [6.45, 7) is 4.17. The zero-order chi connectivity index (χ0) is 16.4. The number of anilines is 1. The SMILES string of the molecule is O=C(NC1CCC2CNNC2C1)c1ccccc1N1CCOCC1. The molecule has 130 valence electrons. The lowest BCUT2D eigenvalue weighted by atomic mass is 9.83. The van der Waals surface area contributed by atoms with E-state index in [0.717, 1.165) is 56.9 Å². The van der Waals surface area contributed by atoms with Crippen LogP contribution in [0.3, 0.4) is 0 Å². The molecule has 6 nitrogen and oxygen atoms in total. The van der Waals surface area contributed by atoms with Crippen LogP contribution in [-0.4, -0.2) is 50.8 Å². The number of nitrogens with zero attached hydrogens (tertiary/aromatic N) is 1. The fraction of sp³-hybridized carbons (Fsp3) is 0.611. The number of ether oxygens (including phenoxy) is 1. The third-order valence-electron chi connectivity index (χ3n) is 5.48. The Kier molecular flexibility index (Phi) is 4.69. The van der Waals surface area contributed by atoms with Crippen molar-refractivity contribution in [3.63, 3.8) is 0 Å². The molecule has 4 rings (SSSR count). The van der Waals surface area contributed by atoms with Gasteiger partial charge in [0.05, 0.1) is 18.8 Å². The van der Waals surface area contributed by atoms with Gasteiger partial charge in [-0.05, 0) is 37.3 Å². The zero-order valence-corrected chi connectivity index (χ0v) is 14.0. The highest BCUT2D eigenvalue weighted by Gasteiger charge is 2.34. The standard InChI is InChI=1S/C18H26N4O2/c23-18(20-14-6-5-13-12-19-21-16(13)11-14)15-3-1-2-4-17(15)22-7-9-24-10-8-22/h1-4,13-14,16,19,21H,5-12H2,(H,20,23). The number of hydrogen-bond donors (Lipinski definition) is 3. The van der Waals surface area contributed by atoms with Crippen LogP contribution in [0.1, 0.15) is 29.6 Å². The normalized spacial score (nSPS) is 30.0. The Morgan fingerprint density at radius 1 is 1.21 bits per heavy atom. The second-order valence-corrected chi connectivity index (χ2v) is 6.99. The van der Waals surface area contributed by atoms with Gasteiger partial charge < -0.3 is 15.0 Å². The first-order valence-electron chi connectivity index (χ1n) is 9.02. The van der Waals surface area contributed by atoms with Gasteiger partial charge in [0, 0.05) is 37.4 Å². The predicted molar refractivity (Wildman–Crippen MR) is 93.0 cm³/mol. The average molecular weight is 330 g/mol. The minimum atomic E-state index is 0.0477. The molecule has 3 unspecified atom stereocenters. The molecule has 0 aromatic heterocycles. The van der Waals surface area contributed by atoms with Crippen molar-refractivity contribution in [2.75, 3.05) is 37.7 Å². The first-order valence-corrected chi connectivity index (χ1v) is 9.02. The van der Waals surface area contributed by atoms with Gasteiger partial charge in [-0.2, -0.15) is 0 Å². The molecule has 1 aliphatic carbocycles. The van der Waals surface area contributed by atoms with Gasteiger partial charge in [0.1, 0.15) is 0 Å². The highest BCUT2D eigenvalue weighted by Crippen LogP contribution is 2.27. The van der Waals surface area contributed by atoms with E-state index in [4.69, 9.17) is 4.74 Å². The summed E-state index contributed by atoms with van der Waals surface area (Å²) in [5.74, 6) is 0.755. The zero-order valence-electron chi connectivity index (χ0n) is 14.0. The first kappa shape index (κ1) is 15.9. The van der Waals surface area contributed by atoms with E-state index in [1.54, 1.807) is 0 Å². The Hall–Kier alpha value is -1.63. The topological polar surface area (TPSA) is 65.6 Å². The lowest BCUT2D eigenvalue weighted by Crippen LogP contribution is -2.46. The predicted octanol–water partition coefficient (Wildman–Crippen LogP) is 0.898. The lowest BCUT2D eigenvalue weighted by Gasteiger charge is -2.33. The summed E-state index contributed by atoms with van der Waals surface area (Å²) in [6.07, 6.45) is 3.24. The monoisotopic (exact) mass is 330 g/mol. The number of hydrogen-bond acceptors (Lipinski definition) is 5. The van der Waals surface area contributed by atoms with Crippen molar-refractivity contribution < 1.29 is 9.53 Å². The van der Waals surface area contributed by atoms with E-state index in [0.29, 0.717) is 12.0 Å². The molecule has 6 heteroatoms. The van der Waals surface area contributed by atoms with Gasteiger partial charge in [-0.15, -0.1) is 0 Å². The molecule has 0 radical (unpaired) electrons. The van der Waals surface area contributed by atoms with Crippen LogP contribution in [0.25, 0.3) is 0 Å². The number of amides is 1. The second-order valence-electron chi connectivity index (χ2n) is 6.99. The molecule has 2 aliphatic heterocycles. The summed E-state index contributed by atoms with van der Waals surface area (Å²) in [5, 5.41) is 3.26. The quantitative estimate of drug-likeness (QED) is 0.768. The Morgan fingerprint density at radius 2 is 2.04 bits per heavy atom. The molecule has 3 aliphatic rings. The number of fused-ring (bicyclic) bond motifs is 1. The molecule has 3 atom stereocenters. The number of rotatable bonds is 3. The maximum Gasteiger partial charge on any atom is 0.253 e. The summed E-state index contributed by atoms with van der Waals surface area (Å²) >= 11 is 0. The second kappa shape index (κ2) is 7.09. The Balaban J connectivity index is 1.44. The Bertz CT molecular complexity index is 588. The van der Waals surface area contributed by atoms with Gasteiger partial charge >= 0.3 is 0 Å². The summed E-state index contributed by atoms with van der Waals surface area (Å²) in [6, 6.07) is 8.65. The molecule has 3 N–H and O–H groups in total. The molecule has 0 bridgehead atoms. The van der Waals surface area contributed by atoms with Crippen molar-refractivity contribution >= 4 is 11.6 Å². The van der Waals surface area contributed by atoms with E-state index in [1.165, 1.54) is 6.42 Å². The number of hydrazine groups is 1. The van der Waals surface area contributed by atoms with E-state index in [-0.39, 0.29) is 11.9 Å². The van der Waals surface area contributed by atoms with E-state index >= 15 is 0 Å². The van der Waals surface area contributed by atoms with Crippen molar-refractivity contribution in [3.8, 4) is 0 Å². The van der Waals surface area contributed by atoms with Crippen LogP contribution in [0, 0.1) is 5.92 Å². The maximum absolute atomic E-state index is 12.9. The fourth-order valence-electron chi connectivity index (χ4n) is 4.12. The van der Waals surface area contributed by atoms with Crippen LogP contribution >= 0.6 is 0 Å². The summed E-state index contributed by atoms with van der Waals surface area (Å²) in [7, 11) is 0. The smallest absolute Gasteiger partial charge is 0.253 e. The molecule has 1 amide bonds. The highest BCUT2D eigenvalue weighted by atomic mass is 16.5. The molecule has 24 heavy (non-hydrogen) atoms. The minimum Gasteiger partial charge on any atom is -0.378 e. The van der Waals surface area contributed by atoms with Crippen LogP contribution in [0.4, 0.5) is 5.69 Å². The number of nitrogens with one attached hydrogen (secondary N) is 3. The van der Waals surface area contributed by atoms with Crippen molar-refractivity contribution in [1.82, 2.24) is 16.2 Å². The summed E-state index contributed by atoms with van der Waals surface area (Å²) in [4.78, 5) is 15.1. The molecule has 1 saturated carbocycles. The van der Waals surface area contributed by atoms with Crippen LogP contribution in [0.2, 0.25) is 0 Å². The van der Waals surface area contributed by atoms with Gasteiger partial charge in [-0.3, -0.25) is 15.6 Å². The van der Waals surface area contributed by atoms with E-state index in [1.807, 2.05) is 24.3 Å².